The molecule has 2 aliphatic rings. The number of benzene rings is 1. The lowest BCUT2D eigenvalue weighted by molar-refractivity contribution is -0.150. The molecule has 24 heteroatoms. The summed E-state index contributed by atoms with van der Waals surface area (Å²) in [6, 6.07) is 3.84. The van der Waals surface area contributed by atoms with Crippen molar-refractivity contribution in [1.29, 1.82) is 0 Å². The number of aryl methyl sites for hydroxylation is 1. The highest BCUT2D eigenvalue weighted by Crippen LogP contribution is 2.42. The lowest BCUT2D eigenvalue weighted by Crippen LogP contribution is -2.71. The number of nitrogens with two attached hydrogens (primary N) is 1. The van der Waals surface area contributed by atoms with Gasteiger partial charge in [0.25, 0.3) is 23.5 Å². The van der Waals surface area contributed by atoms with Crippen LogP contribution in [0.15, 0.2) is 51.1 Å². The number of anilines is 2. The van der Waals surface area contributed by atoms with Gasteiger partial charge in [-0.05, 0) is 44.5 Å². The fourth-order valence-corrected chi connectivity index (χ4v) is 8.15. The number of carbonyl (C=O) groups excluding carboxylic acids is 3. The van der Waals surface area contributed by atoms with E-state index in [0.717, 1.165) is 28.4 Å². The van der Waals surface area contributed by atoms with Crippen LogP contribution in [-0.4, -0.2) is 113 Å². The van der Waals surface area contributed by atoms with Gasteiger partial charge in [0, 0.05) is 28.6 Å². The number of rotatable bonds is 13. The number of oxime groups is 1. The SMILES string of the molecule is Cc1cc(SCC2=C(C(=O)O)N3C(=O)[C@@H](NC(=O)/C(=N\OC(C)(C)C(=O)NN(O)c4ccc(O)c(O)c4)c4csc(N)n4)[C@H]3SC2)n2nc(CO)nc2n1. The Morgan fingerprint density at radius 2 is 1.94 bits per heavy atom. The number of amides is 3. The predicted molar refractivity (Wildman–Crippen MR) is 192 cm³/mol. The van der Waals surface area contributed by atoms with E-state index in [0.29, 0.717) is 16.3 Å². The maximum Gasteiger partial charge on any atom is 0.352 e. The Morgan fingerprint density at radius 3 is 2.61 bits per heavy atom. The molecule has 6 rings (SSSR count). The lowest BCUT2D eigenvalue weighted by Gasteiger charge is -2.49. The summed E-state index contributed by atoms with van der Waals surface area (Å²) in [5.41, 5.74) is 6.32. The summed E-state index contributed by atoms with van der Waals surface area (Å²) in [4.78, 5) is 71.7. The number of aliphatic hydroxyl groups excluding tert-OH is 1. The summed E-state index contributed by atoms with van der Waals surface area (Å²) >= 11 is 3.49. The fourth-order valence-electron chi connectivity index (χ4n) is 5.07. The van der Waals surface area contributed by atoms with Crippen LogP contribution in [0, 0.1) is 6.92 Å². The van der Waals surface area contributed by atoms with Crippen molar-refractivity contribution in [2.24, 2.45) is 5.16 Å². The maximum atomic E-state index is 13.6. The molecule has 0 spiro atoms. The van der Waals surface area contributed by atoms with Crippen LogP contribution in [0.1, 0.15) is 31.1 Å². The van der Waals surface area contributed by atoms with Gasteiger partial charge in [-0.1, -0.05) is 5.16 Å². The Bertz CT molecular complexity index is 2240. The third-order valence-electron chi connectivity index (χ3n) is 7.83. The summed E-state index contributed by atoms with van der Waals surface area (Å²) in [5, 5.41) is 61.4. The minimum absolute atomic E-state index is 0.0427. The van der Waals surface area contributed by atoms with Gasteiger partial charge < -0.3 is 36.3 Å². The number of carbonyl (C=O) groups is 4. The number of nitrogens with one attached hydrogen (secondary N) is 2. The largest absolute Gasteiger partial charge is 0.504 e. The molecule has 54 heavy (non-hydrogen) atoms. The number of nitrogen functional groups attached to an aromatic ring is 1. The number of aliphatic carboxylic acids is 1. The second-order valence-corrected chi connectivity index (χ2v) is 15.1. The van der Waals surface area contributed by atoms with Crippen LogP contribution in [-0.2, 0) is 30.6 Å². The van der Waals surface area contributed by atoms with Crippen molar-refractivity contribution < 1.29 is 49.6 Å². The fraction of sp³-hybridized carbons (Fsp3) is 0.300. The van der Waals surface area contributed by atoms with Crippen LogP contribution in [0.2, 0.25) is 0 Å². The van der Waals surface area contributed by atoms with E-state index in [-0.39, 0.29) is 57.1 Å². The van der Waals surface area contributed by atoms with Crippen molar-refractivity contribution in [2.75, 3.05) is 22.4 Å². The van der Waals surface area contributed by atoms with Gasteiger partial charge in [-0.15, -0.1) is 40.0 Å². The van der Waals surface area contributed by atoms with Crippen LogP contribution in [0.5, 0.6) is 11.5 Å². The predicted octanol–water partition coefficient (Wildman–Crippen LogP) is 0.332. The minimum Gasteiger partial charge on any atom is -0.504 e. The van der Waals surface area contributed by atoms with Gasteiger partial charge in [0.15, 0.2) is 28.2 Å². The van der Waals surface area contributed by atoms with E-state index in [4.69, 9.17) is 10.6 Å². The Labute approximate surface area is 316 Å². The standard InChI is InChI=1S/C30H31N11O10S3/c1-12-6-19(40-29(32-12)34-18(8-42)36-40)52-9-13-10-53-25-21(24(46)39(25)22(13)26(47)48)35-23(45)20(15-11-54-28(31)33-15)38-51-30(2,3)27(49)37-41(50)14-4-5-16(43)17(44)7-14/h4-7,11,21,25,42-44,50H,8-10H2,1-3H3,(H2,31,33)(H,35,45)(H,37,49)(H,47,48)/b38-20-/t21-,25-/m1/s1. The minimum atomic E-state index is -1.85. The van der Waals surface area contributed by atoms with E-state index in [1.54, 1.807) is 13.0 Å². The molecule has 284 valence electrons. The van der Waals surface area contributed by atoms with Gasteiger partial charge in [0.1, 0.15) is 34.4 Å². The molecule has 1 saturated heterocycles. The first-order valence-corrected chi connectivity index (χ1v) is 18.5. The van der Waals surface area contributed by atoms with Crippen molar-refractivity contribution >= 4 is 80.9 Å². The highest BCUT2D eigenvalue weighted by Gasteiger charge is 2.54. The number of fused-ring (bicyclic) bond motifs is 2. The Kier molecular flexibility index (Phi) is 10.6. The molecule has 3 amide bonds. The van der Waals surface area contributed by atoms with E-state index < -0.39 is 57.9 Å². The Morgan fingerprint density at radius 1 is 1.19 bits per heavy atom. The molecule has 2 aliphatic heterocycles. The van der Waals surface area contributed by atoms with Crippen LogP contribution in [0.25, 0.3) is 5.78 Å². The second kappa shape index (κ2) is 15.0. The molecular formula is C30H31N11O10S3. The van der Waals surface area contributed by atoms with Gasteiger partial charge in [-0.2, -0.15) is 14.7 Å². The number of hydrogen-bond acceptors (Lipinski definition) is 19. The van der Waals surface area contributed by atoms with E-state index in [1.165, 1.54) is 53.3 Å². The summed E-state index contributed by atoms with van der Waals surface area (Å²) in [6.07, 6.45) is 0. The number of aliphatic hydroxyl groups is 1. The lowest BCUT2D eigenvalue weighted by atomic mass is 10.0. The van der Waals surface area contributed by atoms with Crippen LogP contribution < -0.4 is 21.6 Å². The zero-order valence-corrected chi connectivity index (χ0v) is 30.8. The molecule has 0 aliphatic carbocycles. The molecule has 1 fully saturated rings. The number of nitrogens with zero attached hydrogens (tertiary/aromatic N) is 8. The number of phenols is 2. The van der Waals surface area contributed by atoms with Gasteiger partial charge in [0.2, 0.25) is 5.60 Å². The van der Waals surface area contributed by atoms with Crippen molar-refractivity contribution in [2.45, 2.75) is 49.4 Å². The van der Waals surface area contributed by atoms with Crippen LogP contribution in [0.4, 0.5) is 10.8 Å². The molecule has 0 bridgehead atoms. The van der Waals surface area contributed by atoms with Gasteiger partial charge >= 0.3 is 5.97 Å². The van der Waals surface area contributed by atoms with Crippen molar-refractivity contribution in [3.8, 4) is 11.5 Å². The average molecular weight is 802 g/mol. The van der Waals surface area contributed by atoms with E-state index in [2.05, 4.69) is 35.9 Å². The zero-order chi connectivity index (χ0) is 39.1. The second-order valence-electron chi connectivity index (χ2n) is 12.1. The highest BCUT2D eigenvalue weighted by molar-refractivity contribution is 8.01. The number of hydrazine groups is 1. The van der Waals surface area contributed by atoms with Gasteiger partial charge in [-0.3, -0.25) is 24.5 Å². The van der Waals surface area contributed by atoms with Gasteiger partial charge in [0.05, 0.1) is 5.69 Å². The van der Waals surface area contributed by atoms with Crippen molar-refractivity contribution in [1.82, 2.24) is 40.2 Å². The molecule has 21 nitrogen and oxygen atoms in total. The number of aromatic nitrogens is 5. The number of carboxylic acids is 1. The van der Waals surface area contributed by atoms with E-state index in [9.17, 15) is 44.8 Å². The Balaban J connectivity index is 1.16. The number of thiazole rings is 1. The number of β-lactam (4-membered cyclic amide) rings is 1. The van der Waals surface area contributed by atoms with E-state index >= 15 is 0 Å². The topological polar surface area (TPSA) is 304 Å². The van der Waals surface area contributed by atoms with Crippen LogP contribution >= 0.6 is 34.9 Å². The van der Waals surface area contributed by atoms with E-state index in [1.807, 2.05) is 0 Å². The number of carboxylic acid groups (broad SMARTS) is 1. The third-order valence-corrected chi connectivity index (χ3v) is 10.9. The molecule has 5 heterocycles. The summed E-state index contributed by atoms with van der Waals surface area (Å²) in [5.74, 6) is -4.09. The summed E-state index contributed by atoms with van der Waals surface area (Å²) in [7, 11) is 0. The smallest absolute Gasteiger partial charge is 0.352 e. The molecule has 2 atom stereocenters. The quantitative estimate of drug-likeness (QED) is 0.0226. The molecule has 1 aromatic carbocycles. The first kappa shape index (κ1) is 38.0. The maximum absolute atomic E-state index is 13.6. The molecule has 9 N–H and O–H groups in total. The number of thioether (sulfide) groups is 2. The molecule has 4 aromatic rings. The summed E-state index contributed by atoms with van der Waals surface area (Å²) < 4.78 is 1.45. The zero-order valence-electron chi connectivity index (χ0n) is 28.3. The average Bonchev–Trinajstić information content (AvgIpc) is 3.75. The first-order valence-electron chi connectivity index (χ1n) is 15.6. The summed E-state index contributed by atoms with van der Waals surface area (Å²) in [6.45, 7) is 3.92. The molecule has 0 saturated carbocycles. The van der Waals surface area contributed by atoms with Crippen LogP contribution in [0.3, 0.4) is 0 Å². The molecule has 0 unspecified atom stereocenters. The molecule has 0 radical (unpaired) electrons. The number of phenolic OH excluding ortho intramolecular Hbond substituents is 2. The van der Waals surface area contributed by atoms with Gasteiger partial charge in [-0.25, -0.2) is 20.2 Å². The first-order chi connectivity index (χ1) is 25.6. The normalized spacial score (nSPS) is 17.2. The molecule has 3 aromatic heterocycles. The number of hydrogen-bond donors (Lipinski definition) is 8. The number of aromatic hydroxyl groups is 2. The van der Waals surface area contributed by atoms with Crippen molar-refractivity contribution in [3.05, 3.63) is 58.1 Å². The van der Waals surface area contributed by atoms with Crippen molar-refractivity contribution in [3.63, 3.8) is 0 Å². The molecular weight excluding hydrogens is 771 g/mol. The monoisotopic (exact) mass is 801 g/mol. The Hall–Kier alpha value is -5.69. The third kappa shape index (κ3) is 7.54. The highest BCUT2D eigenvalue weighted by atomic mass is 32.2.